The van der Waals surface area contributed by atoms with Gasteiger partial charge in [0.25, 0.3) is 0 Å². The van der Waals surface area contributed by atoms with Gasteiger partial charge < -0.3 is 20.4 Å². The van der Waals surface area contributed by atoms with Crippen LogP contribution in [0.2, 0.25) is 0 Å². The lowest BCUT2D eigenvalue weighted by Gasteiger charge is -2.32. The molecular formula is C22H38IN5O. The molecule has 1 aromatic rings. The first-order valence-electron chi connectivity index (χ1n) is 10.5. The summed E-state index contributed by atoms with van der Waals surface area (Å²) in [6.07, 6.45) is 5.04. The zero-order valence-corrected chi connectivity index (χ0v) is 20.7. The van der Waals surface area contributed by atoms with Gasteiger partial charge in [-0.15, -0.1) is 24.0 Å². The third kappa shape index (κ3) is 9.33. The van der Waals surface area contributed by atoms with E-state index in [1.54, 1.807) is 19.0 Å². The van der Waals surface area contributed by atoms with Crippen LogP contribution in [0.3, 0.4) is 0 Å². The second kappa shape index (κ2) is 13.8. The van der Waals surface area contributed by atoms with Crippen molar-refractivity contribution in [2.75, 3.05) is 40.3 Å². The molecule has 0 spiro atoms. The minimum atomic E-state index is -0.00449. The van der Waals surface area contributed by atoms with Crippen molar-refractivity contribution in [3.8, 4) is 0 Å². The predicted octanol–water partition coefficient (Wildman–Crippen LogP) is 3.25. The van der Waals surface area contributed by atoms with Gasteiger partial charge in [-0.25, -0.2) is 4.99 Å². The minimum Gasteiger partial charge on any atom is -0.356 e. The second-order valence-corrected chi connectivity index (χ2v) is 7.89. The summed E-state index contributed by atoms with van der Waals surface area (Å²) in [5, 5.41) is 6.86. The normalized spacial score (nSPS) is 17.0. The number of likely N-dealkylation sites (N-methyl/N-ethyl adjacent to an activating group) is 1. The maximum absolute atomic E-state index is 11.9. The number of halogens is 1. The lowest BCUT2D eigenvalue weighted by molar-refractivity contribution is -0.127. The van der Waals surface area contributed by atoms with Crippen LogP contribution >= 0.6 is 24.0 Å². The molecule has 1 heterocycles. The molecule has 1 saturated heterocycles. The quantitative estimate of drug-likeness (QED) is 0.317. The summed E-state index contributed by atoms with van der Waals surface area (Å²) in [6, 6.07) is 10.9. The Morgan fingerprint density at radius 1 is 1.14 bits per heavy atom. The highest BCUT2D eigenvalue weighted by molar-refractivity contribution is 14.0. The van der Waals surface area contributed by atoms with Crippen LogP contribution in [0.1, 0.15) is 51.1 Å². The fraction of sp³-hybridized carbons (Fsp3) is 0.636. The SMILES string of the molecule is CC(NC(=NCC(=O)N(C)C)NCCC(C)N1CCCCC1)c1ccccc1.I. The number of amides is 1. The Balaban J connectivity index is 0.00000420. The highest BCUT2D eigenvalue weighted by Gasteiger charge is 2.16. The first-order valence-corrected chi connectivity index (χ1v) is 10.5. The maximum atomic E-state index is 11.9. The lowest BCUT2D eigenvalue weighted by Crippen LogP contribution is -2.43. The van der Waals surface area contributed by atoms with Crippen molar-refractivity contribution in [3.05, 3.63) is 35.9 Å². The van der Waals surface area contributed by atoms with Crippen molar-refractivity contribution in [1.82, 2.24) is 20.4 Å². The van der Waals surface area contributed by atoms with Crippen LogP contribution in [-0.4, -0.2) is 68.0 Å². The van der Waals surface area contributed by atoms with Crippen LogP contribution in [0.4, 0.5) is 0 Å². The third-order valence-electron chi connectivity index (χ3n) is 5.39. The smallest absolute Gasteiger partial charge is 0.243 e. The van der Waals surface area contributed by atoms with Gasteiger partial charge in [0, 0.05) is 26.7 Å². The Morgan fingerprint density at radius 3 is 2.41 bits per heavy atom. The number of carbonyl (C=O) groups excluding carboxylic acids is 1. The van der Waals surface area contributed by atoms with E-state index in [4.69, 9.17) is 0 Å². The molecule has 6 nitrogen and oxygen atoms in total. The molecule has 2 N–H and O–H groups in total. The maximum Gasteiger partial charge on any atom is 0.243 e. The third-order valence-corrected chi connectivity index (χ3v) is 5.39. The van der Waals surface area contributed by atoms with Crippen LogP contribution in [0, 0.1) is 0 Å². The number of hydrogen-bond donors (Lipinski definition) is 2. The average Bonchev–Trinajstić information content (AvgIpc) is 2.72. The van der Waals surface area contributed by atoms with Gasteiger partial charge >= 0.3 is 0 Å². The van der Waals surface area contributed by atoms with E-state index < -0.39 is 0 Å². The first-order chi connectivity index (χ1) is 13.5. The van der Waals surface area contributed by atoms with Crippen LogP contribution in [-0.2, 0) is 4.79 Å². The van der Waals surface area contributed by atoms with Gasteiger partial charge in [-0.3, -0.25) is 4.79 Å². The molecule has 2 unspecified atom stereocenters. The molecule has 1 fully saturated rings. The molecule has 1 amide bonds. The van der Waals surface area contributed by atoms with Gasteiger partial charge in [-0.1, -0.05) is 36.8 Å². The Labute approximate surface area is 193 Å². The molecule has 7 heteroatoms. The summed E-state index contributed by atoms with van der Waals surface area (Å²) in [6.45, 7) is 7.81. The summed E-state index contributed by atoms with van der Waals surface area (Å²) in [7, 11) is 3.51. The first kappa shape index (κ1) is 25.7. The van der Waals surface area contributed by atoms with Gasteiger partial charge in [0.2, 0.25) is 5.91 Å². The van der Waals surface area contributed by atoms with Crippen molar-refractivity contribution in [2.45, 2.75) is 51.6 Å². The summed E-state index contributed by atoms with van der Waals surface area (Å²) < 4.78 is 0. The van der Waals surface area contributed by atoms with E-state index in [1.807, 2.05) is 18.2 Å². The summed E-state index contributed by atoms with van der Waals surface area (Å²) in [5.74, 6) is 0.688. The number of benzene rings is 1. The monoisotopic (exact) mass is 515 g/mol. The molecule has 2 rings (SSSR count). The molecule has 1 aliphatic heterocycles. The Hall–Kier alpha value is -1.35. The molecule has 2 atom stereocenters. The van der Waals surface area contributed by atoms with E-state index in [2.05, 4.69) is 46.5 Å². The van der Waals surface area contributed by atoms with E-state index in [-0.39, 0.29) is 42.5 Å². The van der Waals surface area contributed by atoms with Crippen molar-refractivity contribution in [1.29, 1.82) is 0 Å². The number of carbonyl (C=O) groups is 1. The largest absolute Gasteiger partial charge is 0.356 e. The zero-order valence-electron chi connectivity index (χ0n) is 18.4. The number of rotatable bonds is 8. The molecule has 164 valence electrons. The number of nitrogens with one attached hydrogen (secondary N) is 2. The Morgan fingerprint density at radius 2 is 1.79 bits per heavy atom. The predicted molar refractivity (Wildman–Crippen MR) is 132 cm³/mol. The molecule has 0 aromatic heterocycles. The van der Waals surface area contributed by atoms with Crippen LogP contribution in [0.5, 0.6) is 0 Å². The molecular weight excluding hydrogens is 477 g/mol. The van der Waals surface area contributed by atoms with E-state index >= 15 is 0 Å². The number of nitrogens with zero attached hydrogens (tertiary/aromatic N) is 3. The van der Waals surface area contributed by atoms with Crippen molar-refractivity contribution in [3.63, 3.8) is 0 Å². The fourth-order valence-corrected chi connectivity index (χ4v) is 3.41. The number of piperidine rings is 1. The highest BCUT2D eigenvalue weighted by Crippen LogP contribution is 2.14. The molecule has 0 saturated carbocycles. The Bertz CT molecular complexity index is 617. The standard InChI is InChI=1S/C22H37N5O.HI/c1-18(27-15-9-6-10-16-27)13-14-23-22(24-17-21(28)26(3)4)25-19(2)20-11-7-5-8-12-20;/h5,7-8,11-12,18-19H,6,9-10,13-17H2,1-4H3,(H2,23,24,25);1H. The molecule has 1 aliphatic rings. The number of hydrogen-bond acceptors (Lipinski definition) is 3. The van der Waals surface area contributed by atoms with Crippen molar-refractivity contribution >= 4 is 35.8 Å². The second-order valence-electron chi connectivity index (χ2n) is 7.89. The van der Waals surface area contributed by atoms with Crippen LogP contribution in [0.25, 0.3) is 0 Å². The van der Waals surface area contributed by atoms with Gasteiger partial charge in [-0.05, 0) is 51.8 Å². The Kier molecular flexibility index (Phi) is 12.2. The molecule has 0 radical (unpaired) electrons. The topological polar surface area (TPSA) is 60.0 Å². The van der Waals surface area contributed by atoms with Crippen molar-refractivity contribution < 1.29 is 4.79 Å². The van der Waals surface area contributed by atoms with Gasteiger partial charge in [0.1, 0.15) is 6.54 Å². The molecule has 29 heavy (non-hydrogen) atoms. The summed E-state index contributed by atoms with van der Waals surface area (Å²) >= 11 is 0. The van der Waals surface area contributed by atoms with Gasteiger partial charge in [0.05, 0.1) is 6.04 Å². The minimum absolute atomic E-state index is 0. The summed E-state index contributed by atoms with van der Waals surface area (Å²) in [5.41, 5.74) is 1.19. The number of guanidine groups is 1. The molecule has 0 bridgehead atoms. The van der Waals surface area contributed by atoms with E-state index in [9.17, 15) is 4.79 Å². The number of aliphatic imine (C=N–C) groups is 1. The van der Waals surface area contributed by atoms with E-state index in [1.165, 1.54) is 37.9 Å². The van der Waals surface area contributed by atoms with E-state index in [0.717, 1.165) is 13.0 Å². The lowest BCUT2D eigenvalue weighted by atomic mass is 10.1. The summed E-state index contributed by atoms with van der Waals surface area (Å²) in [4.78, 5) is 20.6. The van der Waals surface area contributed by atoms with E-state index in [0.29, 0.717) is 12.0 Å². The molecule has 0 aliphatic carbocycles. The molecule has 1 aromatic carbocycles. The zero-order chi connectivity index (χ0) is 20.4. The van der Waals surface area contributed by atoms with Crippen molar-refractivity contribution in [2.24, 2.45) is 4.99 Å². The van der Waals surface area contributed by atoms with Crippen LogP contribution in [0.15, 0.2) is 35.3 Å². The van der Waals surface area contributed by atoms with Gasteiger partial charge in [0.15, 0.2) is 5.96 Å². The van der Waals surface area contributed by atoms with Gasteiger partial charge in [-0.2, -0.15) is 0 Å². The highest BCUT2D eigenvalue weighted by atomic mass is 127. The number of likely N-dealkylation sites (tertiary alicyclic amines) is 1. The fourth-order valence-electron chi connectivity index (χ4n) is 3.41. The average molecular weight is 515 g/mol. The van der Waals surface area contributed by atoms with Crippen LogP contribution < -0.4 is 10.6 Å².